The van der Waals surface area contributed by atoms with Crippen molar-refractivity contribution in [3.05, 3.63) is 94.0 Å². The molecule has 9 rings (SSSR count). The Hall–Kier alpha value is -6.03. The van der Waals surface area contributed by atoms with Gasteiger partial charge in [0.15, 0.2) is 5.82 Å². The van der Waals surface area contributed by atoms with Gasteiger partial charge in [0.25, 0.3) is 18.2 Å². The summed E-state index contributed by atoms with van der Waals surface area (Å²) < 4.78 is 32.6. The molecule has 0 radical (unpaired) electrons. The van der Waals surface area contributed by atoms with Gasteiger partial charge in [0.05, 0.1) is 29.9 Å². The third kappa shape index (κ3) is 8.51. The molecule has 2 aromatic heterocycles. The maximum atomic E-state index is 14.4. The minimum absolute atomic E-state index is 0.0144. The van der Waals surface area contributed by atoms with Crippen molar-refractivity contribution in [1.82, 2.24) is 39.6 Å². The number of anilines is 2. The quantitative estimate of drug-likeness (QED) is 0.107. The lowest BCUT2D eigenvalue weighted by Gasteiger charge is -2.33. The molecular weight excluding hydrogens is 821 g/mol. The molecule has 1 unspecified atom stereocenters. The number of imide groups is 1. The van der Waals surface area contributed by atoms with E-state index in [1.165, 1.54) is 7.05 Å². The Morgan fingerprint density at radius 2 is 1.64 bits per heavy atom. The van der Waals surface area contributed by atoms with E-state index in [2.05, 4.69) is 31.5 Å². The Bertz CT molecular complexity index is 2490. The first-order valence-corrected chi connectivity index (χ1v) is 22.4. The fourth-order valence-corrected chi connectivity index (χ4v) is 10.1. The third-order valence-electron chi connectivity index (χ3n) is 13.6. The van der Waals surface area contributed by atoms with Gasteiger partial charge in [0, 0.05) is 93.8 Å². The Morgan fingerprint density at radius 3 is 2.28 bits per heavy atom. The lowest BCUT2D eigenvalue weighted by molar-refractivity contribution is -0.129. The second-order valence-electron chi connectivity index (χ2n) is 17.7. The van der Waals surface area contributed by atoms with Crippen molar-refractivity contribution >= 4 is 41.4 Å². The summed E-state index contributed by atoms with van der Waals surface area (Å²) in [5, 5.41) is 11.9. The average molecular weight is 878 g/mol. The molecule has 1 saturated carbocycles. The van der Waals surface area contributed by atoms with Crippen molar-refractivity contribution in [2.75, 3.05) is 38.6 Å². The molecule has 4 aliphatic heterocycles. The van der Waals surface area contributed by atoms with Crippen molar-refractivity contribution < 1.29 is 32.8 Å². The van der Waals surface area contributed by atoms with Crippen LogP contribution >= 0.6 is 0 Å². The number of allylic oxidation sites excluding steroid dienone is 1. The van der Waals surface area contributed by atoms with Crippen LogP contribution < -0.4 is 10.2 Å². The highest BCUT2D eigenvalue weighted by molar-refractivity contribution is 6.23. The van der Waals surface area contributed by atoms with Gasteiger partial charge in [0.2, 0.25) is 11.8 Å². The zero-order valence-electron chi connectivity index (χ0n) is 37.1. The Kier molecular flexibility index (Phi) is 12.9. The van der Waals surface area contributed by atoms with Gasteiger partial charge in [-0.05, 0) is 111 Å². The van der Waals surface area contributed by atoms with Gasteiger partial charge in [-0.2, -0.15) is 10.2 Å². The van der Waals surface area contributed by atoms with Crippen molar-refractivity contribution in [1.29, 1.82) is 0 Å². The number of aldehydes is 1. The number of hydrogen-bond donors (Lipinski definition) is 1. The SMILES string of the molecule is C=CCCC(C(=O)NC)N1C(=O)c2cc3c(cc2C1=O)CN(C)CC3.CC(=O)N1CCc2c(c(N3CCCc4cc(-c5cnn(C)c5)c(C(F)F)cc43)nn2C2CCC(C=O)CC2)C1. The summed E-state index contributed by atoms with van der Waals surface area (Å²) in [7, 11) is 5.32. The highest BCUT2D eigenvalue weighted by Gasteiger charge is 2.43. The molecule has 4 aromatic rings. The molecule has 338 valence electrons. The molecule has 2 aromatic carbocycles. The number of nitrogens with one attached hydrogen (secondary N) is 1. The fraction of sp³-hybridized carbons (Fsp3) is 0.479. The van der Waals surface area contributed by atoms with Gasteiger partial charge < -0.3 is 24.8 Å². The molecule has 6 heterocycles. The van der Waals surface area contributed by atoms with E-state index in [4.69, 9.17) is 5.10 Å². The number of nitrogens with zero attached hydrogens (tertiary/aromatic N) is 8. The normalized spacial score (nSPS) is 19.9. The monoisotopic (exact) mass is 877 g/mol. The predicted molar refractivity (Wildman–Crippen MR) is 237 cm³/mol. The van der Waals surface area contributed by atoms with Crippen LogP contribution in [0.3, 0.4) is 0 Å². The van der Waals surface area contributed by atoms with Crippen molar-refractivity contribution in [2.45, 2.75) is 103 Å². The van der Waals surface area contributed by atoms with Crippen LogP contribution in [0.25, 0.3) is 11.1 Å². The minimum Gasteiger partial charge on any atom is -0.357 e. The second-order valence-corrected chi connectivity index (χ2v) is 17.7. The lowest BCUT2D eigenvalue weighted by atomic mass is 9.87. The Morgan fingerprint density at radius 1 is 0.922 bits per heavy atom. The van der Waals surface area contributed by atoms with Crippen LogP contribution in [0.15, 0.2) is 49.3 Å². The molecule has 64 heavy (non-hydrogen) atoms. The molecule has 0 spiro atoms. The van der Waals surface area contributed by atoms with Gasteiger partial charge in [-0.15, -0.1) is 6.58 Å². The Balaban J connectivity index is 0.000000193. The molecule has 1 fully saturated rings. The number of likely N-dealkylation sites (N-methyl/N-ethyl adjacent to an activating group) is 2. The summed E-state index contributed by atoms with van der Waals surface area (Å²) >= 11 is 0. The van der Waals surface area contributed by atoms with Crippen LogP contribution in [0.4, 0.5) is 20.3 Å². The van der Waals surface area contributed by atoms with Crippen LogP contribution in [0.1, 0.15) is 119 Å². The summed E-state index contributed by atoms with van der Waals surface area (Å²) in [4.78, 5) is 68.9. The molecule has 5 aliphatic rings. The number of hydrogen-bond acceptors (Lipinski definition) is 9. The number of rotatable bonds is 10. The van der Waals surface area contributed by atoms with E-state index in [0.29, 0.717) is 61.2 Å². The molecule has 4 amide bonds. The molecule has 14 nitrogen and oxygen atoms in total. The van der Waals surface area contributed by atoms with E-state index in [0.717, 1.165) is 109 Å². The number of benzene rings is 2. The first-order valence-electron chi connectivity index (χ1n) is 22.4. The molecule has 1 N–H and O–H groups in total. The zero-order valence-corrected chi connectivity index (χ0v) is 37.1. The highest BCUT2D eigenvalue weighted by Crippen LogP contribution is 2.44. The topological polar surface area (TPSA) is 146 Å². The standard InChI is InChI=1S/C29H34F2N6O2.C19H23N3O3/c1-18(39)35-11-9-26-25(16-35)29(33-37(26)22-7-5-19(17-38)6-8-22)36-10-3-4-20-12-23(21-14-32-34(2)15-21)24(28(30)31)13-27(20)36;1-4-5-6-16(17(23)20-2)22-18(24)14-9-12-7-8-21(3)11-13(12)10-15(14)19(22)25/h12-15,17,19,22,28H,3-11,16H2,1-2H3;4,9-10,16H,1,5-8,11H2,2-3H3,(H,20,23). The molecule has 1 atom stereocenters. The van der Waals surface area contributed by atoms with Crippen molar-refractivity contribution in [2.24, 2.45) is 13.0 Å². The molecular formula is C48H57F2N9O5. The number of alkyl halides is 2. The van der Waals surface area contributed by atoms with Crippen LogP contribution in [0, 0.1) is 5.92 Å². The zero-order chi connectivity index (χ0) is 45.4. The largest absolute Gasteiger partial charge is 0.357 e. The maximum Gasteiger partial charge on any atom is 0.264 e. The number of carbonyl (C=O) groups excluding carboxylic acids is 5. The van der Waals surface area contributed by atoms with Crippen LogP contribution in [-0.2, 0) is 53.8 Å². The van der Waals surface area contributed by atoms with Crippen LogP contribution in [0.2, 0.25) is 0 Å². The minimum atomic E-state index is -2.64. The summed E-state index contributed by atoms with van der Waals surface area (Å²) in [6.07, 6.45) is 11.1. The van der Waals surface area contributed by atoms with E-state index in [9.17, 15) is 32.8 Å². The first kappa shape index (κ1) is 44.6. The van der Waals surface area contributed by atoms with Gasteiger partial charge in [-0.1, -0.05) is 6.08 Å². The number of aryl methyl sites for hydroxylation is 2. The summed E-state index contributed by atoms with van der Waals surface area (Å²) in [5.74, 6) is -0.195. The van der Waals surface area contributed by atoms with E-state index in [1.54, 1.807) is 43.2 Å². The van der Waals surface area contributed by atoms with Gasteiger partial charge in [0.1, 0.15) is 12.3 Å². The number of carbonyl (C=O) groups is 5. The predicted octanol–water partition coefficient (Wildman–Crippen LogP) is 6.49. The average Bonchev–Trinajstić information content (AvgIpc) is 3.98. The van der Waals surface area contributed by atoms with Gasteiger partial charge in [-0.3, -0.25) is 33.4 Å². The first-order chi connectivity index (χ1) is 30.8. The molecule has 0 bridgehead atoms. The lowest BCUT2D eigenvalue weighted by Crippen LogP contribution is -2.48. The van der Waals surface area contributed by atoms with E-state index >= 15 is 0 Å². The van der Waals surface area contributed by atoms with E-state index in [-0.39, 0.29) is 41.2 Å². The summed E-state index contributed by atoms with van der Waals surface area (Å²) in [5.41, 5.74) is 8.12. The number of aromatic nitrogens is 4. The fourth-order valence-electron chi connectivity index (χ4n) is 10.1. The third-order valence-corrected chi connectivity index (χ3v) is 13.6. The number of fused-ring (bicyclic) bond motifs is 4. The summed E-state index contributed by atoms with van der Waals surface area (Å²) in [6.45, 7) is 8.70. The number of halogens is 2. The second kappa shape index (κ2) is 18.6. The van der Waals surface area contributed by atoms with Gasteiger partial charge >= 0.3 is 0 Å². The molecule has 0 saturated heterocycles. The van der Waals surface area contributed by atoms with Gasteiger partial charge in [-0.25, -0.2) is 8.78 Å². The van der Waals surface area contributed by atoms with Crippen LogP contribution in [0.5, 0.6) is 0 Å². The molecule has 1 aliphatic carbocycles. The smallest absolute Gasteiger partial charge is 0.264 e. The van der Waals surface area contributed by atoms with E-state index in [1.807, 2.05) is 30.1 Å². The van der Waals surface area contributed by atoms with Crippen LogP contribution in [-0.4, -0.2) is 104 Å². The summed E-state index contributed by atoms with van der Waals surface area (Å²) in [6, 6.07) is 6.58. The highest BCUT2D eigenvalue weighted by atomic mass is 19.3. The number of amides is 4. The van der Waals surface area contributed by atoms with Crippen molar-refractivity contribution in [3.8, 4) is 11.1 Å². The Labute approximate surface area is 372 Å². The molecule has 16 heteroatoms. The van der Waals surface area contributed by atoms with Crippen molar-refractivity contribution in [3.63, 3.8) is 0 Å². The maximum absolute atomic E-state index is 14.4. The van der Waals surface area contributed by atoms with E-state index < -0.39 is 12.5 Å².